The van der Waals surface area contributed by atoms with Crippen LogP contribution in [0, 0.1) is 5.92 Å². The first-order valence-electron chi connectivity index (χ1n) is 5.34. The van der Waals surface area contributed by atoms with Gasteiger partial charge in [-0.2, -0.15) is 0 Å². The summed E-state index contributed by atoms with van der Waals surface area (Å²) in [6.07, 6.45) is 1.03. The number of alkyl halides is 1. The largest absolute Gasteiger partial charge is 0.312 e. The van der Waals surface area contributed by atoms with Crippen LogP contribution in [0.25, 0.3) is 0 Å². The number of hydrogen-bond acceptors (Lipinski definition) is 1. The Labute approximate surface area is 112 Å². The molecule has 1 nitrogen and oxygen atoms in total. The maximum Gasteiger partial charge on any atom is 0.0465 e. The van der Waals surface area contributed by atoms with E-state index in [1.165, 1.54) is 0 Å². The molecule has 4 heteroatoms. The van der Waals surface area contributed by atoms with Gasteiger partial charge in [0.15, 0.2) is 0 Å². The van der Waals surface area contributed by atoms with Crippen molar-refractivity contribution in [3.05, 3.63) is 33.8 Å². The first-order valence-corrected chi connectivity index (χ1v) is 6.63. The normalized spacial score (nSPS) is 12.8. The molecule has 0 radical (unpaired) electrons. The predicted molar refractivity (Wildman–Crippen MR) is 72.7 cm³/mol. The summed E-state index contributed by atoms with van der Waals surface area (Å²) in [6, 6.07) is 5.57. The Morgan fingerprint density at radius 2 is 2.06 bits per heavy atom. The van der Waals surface area contributed by atoms with Crippen molar-refractivity contribution in [2.75, 3.05) is 12.4 Å². The van der Waals surface area contributed by atoms with Gasteiger partial charge in [-0.15, -0.1) is 11.6 Å². The lowest BCUT2D eigenvalue weighted by molar-refractivity contribution is 0.502. The topological polar surface area (TPSA) is 12.0 Å². The molecule has 1 aromatic rings. The molecule has 0 amide bonds. The van der Waals surface area contributed by atoms with E-state index in [-0.39, 0.29) is 0 Å². The fourth-order valence-electron chi connectivity index (χ4n) is 1.41. The van der Waals surface area contributed by atoms with E-state index in [4.69, 9.17) is 34.8 Å². The van der Waals surface area contributed by atoms with Gasteiger partial charge in [0.2, 0.25) is 0 Å². The van der Waals surface area contributed by atoms with Crippen LogP contribution in [0.1, 0.15) is 18.9 Å². The van der Waals surface area contributed by atoms with E-state index < -0.39 is 0 Å². The molecule has 1 atom stereocenters. The van der Waals surface area contributed by atoms with Gasteiger partial charge in [0, 0.05) is 22.5 Å². The molecule has 0 heterocycles. The Kier molecular flexibility index (Phi) is 6.52. The van der Waals surface area contributed by atoms with Crippen molar-refractivity contribution in [3.8, 4) is 0 Å². The highest BCUT2D eigenvalue weighted by Crippen LogP contribution is 2.20. The number of rotatable bonds is 6. The van der Waals surface area contributed by atoms with E-state index in [1.54, 1.807) is 6.07 Å². The molecule has 0 aliphatic heterocycles. The summed E-state index contributed by atoms with van der Waals surface area (Å²) in [6.45, 7) is 3.90. The molecule has 0 aliphatic rings. The van der Waals surface area contributed by atoms with Gasteiger partial charge in [-0.25, -0.2) is 0 Å². The minimum atomic E-state index is 0.587. The van der Waals surface area contributed by atoms with E-state index in [0.717, 1.165) is 25.1 Å². The summed E-state index contributed by atoms with van der Waals surface area (Å²) in [5.41, 5.74) is 1.07. The number of halogens is 3. The fourth-order valence-corrected chi connectivity index (χ4v) is 2.25. The molecule has 0 bridgehead atoms. The fraction of sp³-hybridized carbons (Fsp3) is 0.500. The Morgan fingerprint density at radius 3 is 2.69 bits per heavy atom. The van der Waals surface area contributed by atoms with Crippen molar-refractivity contribution in [3.63, 3.8) is 0 Å². The molecule has 1 aromatic carbocycles. The van der Waals surface area contributed by atoms with Crippen LogP contribution in [0.2, 0.25) is 10.0 Å². The Bertz CT molecular complexity index is 328. The SMILES string of the molecule is CC(CCCl)CNCc1ccc(Cl)cc1Cl. The highest BCUT2D eigenvalue weighted by Gasteiger charge is 2.03. The maximum atomic E-state index is 6.06. The molecular weight excluding hydrogens is 264 g/mol. The van der Waals surface area contributed by atoms with Crippen LogP contribution in [0.3, 0.4) is 0 Å². The monoisotopic (exact) mass is 279 g/mol. The van der Waals surface area contributed by atoms with Crippen molar-refractivity contribution in [1.82, 2.24) is 5.32 Å². The summed E-state index contributed by atoms with van der Waals surface area (Å²) in [5.74, 6) is 1.30. The first-order chi connectivity index (χ1) is 7.63. The summed E-state index contributed by atoms with van der Waals surface area (Å²) in [7, 11) is 0. The van der Waals surface area contributed by atoms with Gasteiger partial charge in [0.1, 0.15) is 0 Å². The molecular formula is C12H16Cl3N. The quantitative estimate of drug-likeness (QED) is 0.764. The lowest BCUT2D eigenvalue weighted by Gasteiger charge is -2.11. The number of nitrogens with one attached hydrogen (secondary N) is 1. The van der Waals surface area contributed by atoms with Crippen LogP contribution in [0.5, 0.6) is 0 Å². The molecule has 0 saturated carbocycles. The van der Waals surface area contributed by atoms with E-state index in [1.807, 2.05) is 12.1 Å². The third-order valence-corrected chi connectivity index (χ3v) is 3.23. The summed E-state index contributed by atoms with van der Waals surface area (Å²) < 4.78 is 0. The zero-order valence-corrected chi connectivity index (χ0v) is 11.5. The number of hydrogen-bond donors (Lipinski definition) is 1. The first kappa shape index (κ1) is 14.1. The zero-order valence-electron chi connectivity index (χ0n) is 9.27. The molecule has 0 aliphatic carbocycles. The molecule has 1 unspecified atom stereocenters. The lowest BCUT2D eigenvalue weighted by Crippen LogP contribution is -2.21. The van der Waals surface area contributed by atoms with Crippen molar-refractivity contribution in [2.24, 2.45) is 5.92 Å². The Hall–Kier alpha value is 0.0500. The third kappa shape index (κ3) is 4.92. The second-order valence-electron chi connectivity index (χ2n) is 3.95. The zero-order chi connectivity index (χ0) is 12.0. The third-order valence-electron chi connectivity index (χ3n) is 2.43. The van der Waals surface area contributed by atoms with Gasteiger partial charge in [-0.3, -0.25) is 0 Å². The van der Waals surface area contributed by atoms with Crippen LogP contribution < -0.4 is 5.32 Å². The van der Waals surface area contributed by atoms with Crippen LogP contribution in [-0.4, -0.2) is 12.4 Å². The van der Waals surface area contributed by atoms with Gasteiger partial charge < -0.3 is 5.32 Å². The molecule has 16 heavy (non-hydrogen) atoms. The van der Waals surface area contributed by atoms with Crippen LogP contribution >= 0.6 is 34.8 Å². The van der Waals surface area contributed by atoms with Crippen LogP contribution in [0.4, 0.5) is 0 Å². The number of benzene rings is 1. The van der Waals surface area contributed by atoms with E-state index in [9.17, 15) is 0 Å². The molecule has 0 fully saturated rings. The van der Waals surface area contributed by atoms with Gasteiger partial charge in [-0.05, 0) is 36.6 Å². The van der Waals surface area contributed by atoms with Crippen LogP contribution in [-0.2, 0) is 6.54 Å². The summed E-state index contributed by atoms with van der Waals surface area (Å²) in [5, 5.41) is 4.74. The van der Waals surface area contributed by atoms with Crippen LogP contribution in [0.15, 0.2) is 18.2 Å². The standard InChI is InChI=1S/C12H16Cl3N/c1-9(4-5-13)7-16-8-10-2-3-11(14)6-12(10)15/h2-3,6,9,16H,4-5,7-8H2,1H3. The molecule has 0 aromatic heterocycles. The Morgan fingerprint density at radius 1 is 1.31 bits per heavy atom. The van der Waals surface area contributed by atoms with E-state index in [0.29, 0.717) is 21.8 Å². The molecule has 0 saturated heterocycles. The predicted octanol–water partition coefficient (Wildman–Crippen LogP) is 4.35. The summed E-state index contributed by atoms with van der Waals surface area (Å²) in [4.78, 5) is 0. The average molecular weight is 281 g/mol. The van der Waals surface area contributed by atoms with Crippen molar-refractivity contribution >= 4 is 34.8 Å². The average Bonchev–Trinajstić information content (AvgIpc) is 2.22. The van der Waals surface area contributed by atoms with Gasteiger partial charge in [-0.1, -0.05) is 36.2 Å². The molecule has 1 rings (SSSR count). The minimum absolute atomic E-state index is 0.587. The van der Waals surface area contributed by atoms with Crippen molar-refractivity contribution < 1.29 is 0 Å². The highest BCUT2D eigenvalue weighted by molar-refractivity contribution is 6.35. The van der Waals surface area contributed by atoms with Gasteiger partial charge in [0.25, 0.3) is 0 Å². The summed E-state index contributed by atoms with van der Waals surface area (Å²) >= 11 is 17.6. The molecule has 0 spiro atoms. The molecule has 90 valence electrons. The smallest absolute Gasteiger partial charge is 0.0465 e. The van der Waals surface area contributed by atoms with Gasteiger partial charge in [0.05, 0.1) is 0 Å². The van der Waals surface area contributed by atoms with E-state index in [2.05, 4.69) is 12.2 Å². The second kappa shape index (κ2) is 7.39. The lowest BCUT2D eigenvalue weighted by atomic mass is 10.1. The Balaban J connectivity index is 2.37. The molecule has 1 N–H and O–H groups in total. The van der Waals surface area contributed by atoms with Crippen molar-refractivity contribution in [2.45, 2.75) is 19.9 Å². The maximum absolute atomic E-state index is 6.06. The highest BCUT2D eigenvalue weighted by atomic mass is 35.5. The van der Waals surface area contributed by atoms with E-state index >= 15 is 0 Å². The van der Waals surface area contributed by atoms with Crippen molar-refractivity contribution in [1.29, 1.82) is 0 Å². The second-order valence-corrected chi connectivity index (χ2v) is 5.17. The minimum Gasteiger partial charge on any atom is -0.312 e. The van der Waals surface area contributed by atoms with Gasteiger partial charge >= 0.3 is 0 Å².